The predicted octanol–water partition coefficient (Wildman–Crippen LogP) is 1.87. The Morgan fingerprint density at radius 3 is 2.72 bits per heavy atom. The maximum absolute atomic E-state index is 12.8. The molecule has 1 atom stereocenters. The van der Waals surface area contributed by atoms with Gasteiger partial charge in [0.1, 0.15) is 11.6 Å². The van der Waals surface area contributed by atoms with Crippen molar-refractivity contribution in [1.82, 2.24) is 19.2 Å². The van der Waals surface area contributed by atoms with Crippen molar-refractivity contribution in [2.75, 3.05) is 44.8 Å². The molecule has 1 N–H and O–H groups in total. The van der Waals surface area contributed by atoms with Crippen molar-refractivity contribution in [1.29, 1.82) is 0 Å². The molecule has 0 aliphatic carbocycles. The molecule has 8 heteroatoms. The van der Waals surface area contributed by atoms with Crippen molar-refractivity contribution in [3.63, 3.8) is 0 Å². The molecule has 4 rings (SSSR count). The molecule has 29 heavy (non-hydrogen) atoms. The highest BCUT2D eigenvalue weighted by Crippen LogP contribution is 2.31. The van der Waals surface area contributed by atoms with Gasteiger partial charge in [0.15, 0.2) is 0 Å². The van der Waals surface area contributed by atoms with Gasteiger partial charge < -0.3 is 10.2 Å². The second-order valence-electron chi connectivity index (χ2n) is 7.99. The Morgan fingerprint density at radius 2 is 1.97 bits per heavy atom. The molecule has 7 nitrogen and oxygen atoms in total. The first kappa shape index (κ1) is 20.3. The third-order valence-electron chi connectivity index (χ3n) is 5.91. The molecule has 0 amide bonds. The van der Waals surface area contributed by atoms with E-state index >= 15 is 0 Å². The molecule has 1 aromatic heterocycles. The number of sulfonamides is 1. The van der Waals surface area contributed by atoms with Crippen LogP contribution in [0.15, 0.2) is 30.3 Å². The number of nitrogens with one attached hydrogen (secondary N) is 1. The highest BCUT2D eigenvalue weighted by atomic mass is 32.2. The van der Waals surface area contributed by atoms with Crippen LogP contribution in [0.25, 0.3) is 0 Å². The summed E-state index contributed by atoms with van der Waals surface area (Å²) in [6.07, 6.45) is 2.21. The van der Waals surface area contributed by atoms with Crippen LogP contribution in [-0.4, -0.2) is 67.1 Å². The maximum atomic E-state index is 12.8. The number of anilines is 1. The van der Waals surface area contributed by atoms with Gasteiger partial charge in [-0.2, -0.15) is 0 Å². The highest BCUT2D eigenvalue weighted by Gasteiger charge is 2.34. The fourth-order valence-corrected chi connectivity index (χ4v) is 5.71. The molecule has 1 fully saturated rings. The number of hydrogen-bond acceptors (Lipinski definition) is 6. The molecule has 0 radical (unpaired) electrons. The van der Waals surface area contributed by atoms with Crippen LogP contribution < -0.4 is 5.32 Å². The molecular weight excluding hydrogens is 386 g/mol. The smallest absolute Gasteiger partial charge is 0.214 e. The number of nitrogens with zero attached hydrogens (tertiary/aromatic N) is 4. The maximum Gasteiger partial charge on any atom is 0.214 e. The van der Waals surface area contributed by atoms with Crippen LogP contribution in [0.1, 0.15) is 35.0 Å². The zero-order valence-corrected chi connectivity index (χ0v) is 18.0. The van der Waals surface area contributed by atoms with Gasteiger partial charge in [0.25, 0.3) is 0 Å². The number of aryl methyl sites for hydroxylation is 1. The van der Waals surface area contributed by atoms with E-state index in [0.717, 1.165) is 54.4 Å². The van der Waals surface area contributed by atoms with E-state index in [1.807, 2.05) is 37.4 Å². The summed E-state index contributed by atoms with van der Waals surface area (Å²) >= 11 is 0. The third kappa shape index (κ3) is 4.44. The van der Waals surface area contributed by atoms with E-state index in [-0.39, 0.29) is 11.7 Å². The molecule has 2 aromatic rings. The Balaban J connectivity index is 1.47. The SMILES string of the molecule is CNc1nc([C@@H]2CCN(S(=O)(=O)CCc3ccccc3)C2)nc2c1CN(C)CC2. The van der Waals surface area contributed by atoms with E-state index in [9.17, 15) is 8.42 Å². The van der Waals surface area contributed by atoms with Crippen LogP contribution in [0, 0.1) is 0 Å². The summed E-state index contributed by atoms with van der Waals surface area (Å²) in [5.41, 5.74) is 3.31. The van der Waals surface area contributed by atoms with E-state index in [1.54, 1.807) is 4.31 Å². The molecule has 0 saturated carbocycles. The normalized spacial score (nSPS) is 20.6. The summed E-state index contributed by atoms with van der Waals surface area (Å²) in [4.78, 5) is 11.9. The quantitative estimate of drug-likeness (QED) is 0.776. The summed E-state index contributed by atoms with van der Waals surface area (Å²) in [5, 5.41) is 3.21. The number of aromatic nitrogens is 2. The molecule has 0 unspecified atom stereocenters. The fraction of sp³-hybridized carbons (Fsp3) is 0.524. The lowest BCUT2D eigenvalue weighted by Gasteiger charge is -2.26. The van der Waals surface area contributed by atoms with Crippen molar-refractivity contribution in [2.45, 2.75) is 31.7 Å². The van der Waals surface area contributed by atoms with E-state index in [2.05, 4.69) is 17.3 Å². The number of fused-ring (bicyclic) bond motifs is 1. The average molecular weight is 416 g/mol. The first-order valence-electron chi connectivity index (χ1n) is 10.2. The van der Waals surface area contributed by atoms with E-state index in [0.29, 0.717) is 19.5 Å². The topological polar surface area (TPSA) is 78.4 Å². The summed E-state index contributed by atoms with van der Waals surface area (Å²) in [6.45, 7) is 2.84. The van der Waals surface area contributed by atoms with E-state index in [4.69, 9.17) is 9.97 Å². The van der Waals surface area contributed by atoms with Crippen molar-refractivity contribution in [3.8, 4) is 0 Å². The molecule has 0 bridgehead atoms. The van der Waals surface area contributed by atoms with Gasteiger partial charge in [-0.25, -0.2) is 22.7 Å². The number of likely N-dealkylation sites (N-methyl/N-ethyl adjacent to an activating group) is 1. The molecule has 3 heterocycles. The van der Waals surface area contributed by atoms with Gasteiger partial charge >= 0.3 is 0 Å². The molecule has 156 valence electrons. The third-order valence-corrected chi connectivity index (χ3v) is 7.74. The average Bonchev–Trinajstić information content (AvgIpc) is 3.24. The van der Waals surface area contributed by atoms with Gasteiger partial charge in [0.2, 0.25) is 10.0 Å². The monoisotopic (exact) mass is 415 g/mol. The van der Waals surface area contributed by atoms with Crippen LogP contribution in [0.5, 0.6) is 0 Å². The van der Waals surface area contributed by atoms with Gasteiger partial charge in [0, 0.05) is 51.1 Å². The van der Waals surface area contributed by atoms with Crippen molar-refractivity contribution >= 4 is 15.8 Å². The minimum atomic E-state index is -3.28. The summed E-state index contributed by atoms with van der Waals surface area (Å²) in [5.74, 6) is 1.85. The second kappa shape index (κ2) is 8.38. The van der Waals surface area contributed by atoms with Gasteiger partial charge in [-0.15, -0.1) is 0 Å². The van der Waals surface area contributed by atoms with Crippen LogP contribution in [-0.2, 0) is 29.4 Å². The Kier molecular flexibility index (Phi) is 5.85. The minimum Gasteiger partial charge on any atom is -0.373 e. The van der Waals surface area contributed by atoms with Crippen LogP contribution in [0.3, 0.4) is 0 Å². The fourth-order valence-electron chi connectivity index (χ4n) is 4.17. The van der Waals surface area contributed by atoms with Crippen molar-refractivity contribution in [2.24, 2.45) is 0 Å². The van der Waals surface area contributed by atoms with Gasteiger partial charge in [0.05, 0.1) is 11.4 Å². The zero-order chi connectivity index (χ0) is 20.4. The van der Waals surface area contributed by atoms with Crippen LogP contribution >= 0.6 is 0 Å². The lowest BCUT2D eigenvalue weighted by Crippen LogP contribution is -2.32. The first-order chi connectivity index (χ1) is 14.0. The summed E-state index contributed by atoms with van der Waals surface area (Å²) in [7, 11) is 0.704. The standard InChI is InChI=1S/C21H29N5O2S/c1-22-21-18-15-25(2)11-9-19(18)23-20(24-21)17-8-12-26(14-17)29(27,28)13-10-16-6-4-3-5-7-16/h3-7,17H,8-15H2,1-2H3,(H,22,23,24)/t17-/m1/s1. The lowest BCUT2D eigenvalue weighted by atomic mass is 10.0. The number of benzene rings is 1. The number of rotatable bonds is 6. The highest BCUT2D eigenvalue weighted by molar-refractivity contribution is 7.89. The van der Waals surface area contributed by atoms with Gasteiger partial charge in [-0.05, 0) is 25.5 Å². The molecule has 0 spiro atoms. The van der Waals surface area contributed by atoms with Crippen molar-refractivity contribution < 1.29 is 8.42 Å². The van der Waals surface area contributed by atoms with E-state index < -0.39 is 10.0 Å². The van der Waals surface area contributed by atoms with E-state index in [1.165, 1.54) is 0 Å². The summed E-state index contributed by atoms with van der Waals surface area (Å²) in [6, 6.07) is 9.77. The van der Waals surface area contributed by atoms with Crippen LogP contribution in [0.4, 0.5) is 5.82 Å². The largest absolute Gasteiger partial charge is 0.373 e. The second-order valence-corrected chi connectivity index (χ2v) is 10.1. The van der Waals surface area contributed by atoms with Gasteiger partial charge in [-0.3, -0.25) is 0 Å². The Hall–Kier alpha value is -2.03. The first-order valence-corrected chi connectivity index (χ1v) is 11.8. The molecule has 2 aliphatic heterocycles. The number of hydrogen-bond donors (Lipinski definition) is 1. The predicted molar refractivity (Wildman–Crippen MR) is 114 cm³/mol. The molecular formula is C21H29N5O2S. The molecule has 2 aliphatic rings. The molecule has 1 saturated heterocycles. The zero-order valence-electron chi connectivity index (χ0n) is 17.1. The van der Waals surface area contributed by atoms with Gasteiger partial charge in [-0.1, -0.05) is 30.3 Å². The molecule has 1 aromatic carbocycles. The van der Waals surface area contributed by atoms with Crippen LogP contribution in [0.2, 0.25) is 0 Å². The Labute approximate surface area is 173 Å². The summed E-state index contributed by atoms with van der Waals surface area (Å²) < 4.78 is 27.3. The minimum absolute atomic E-state index is 0.0542. The lowest BCUT2D eigenvalue weighted by molar-refractivity contribution is 0.309. The Morgan fingerprint density at radius 1 is 1.17 bits per heavy atom. The Bertz CT molecular complexity index is 947. The van der Waals surface area contributed by atoms with Crippen molar-refractivity contribution in [3.05, 3.63) is 53.0 Å².